The fraction of sp³-hybridized carbons (Fsp3) is 0.471. The molecule has 0 aromatic carbocycles. The molecule has 1 amide bonds. The highest BCUT2D eigenvalue weighted by Crippen LogP contribution is 2.29. The van der Waals surface area contributed by atoms with Gasteiger partial charge in [0.25, 0.3) is 5.89 Å². The van der Waals surface area contributed by atoms with Crippen molar-refractivity contribution in [2.45, 2.75) is 26.4 Å². The van der Waals surface area contributed by atoms with Gasteiger partial charge in [0, 0.05) is 26.2 Å². The van der Waals surface area contributed by atoms with Crippen molar-refractivity contribution < 1.29 is 18.4 Å². The topological polar surface area (TPSA) is 95.7 Å². The number of aromatic nitrogens is 1. The summed E-state index contributed by atoms with van der Waals surface area (Å²) in [7, 11) is 0. The van der Waals surface area contributed by atoms with E-state index in [1.165, 1.54) is 6.26 Å². The van der Waals surface area contributed by atoms with E-state index < -0.39 is 5.60 Å². The zero-order chi connectivity index (χ0) is 18.0. The van der Waals surface area contributed by atoms with Crippen molar-refractivity contribution in [2.75, 3.05) is 31.1 Å². The highest BCUT2D eigenvalue weighted by atomic mass is 16.6. The second kappa shape index (κ2) is 6.51. The largest absolute Gasteiger partial charge is 0.459 e. The molecule has 0 atom stereocenters. The third-order valence-electron chi connectivity index (χ3n) is 3.67. The summed E-state index contributed by atoms with van der Waals surface area (Å²) in [4.78, 5) is 19.9. The molecule has 8 heteroatoms. The van der Waals surface area contributed by atoms with E-state index in [0.29, 0.717) is 37.8 Å². The summed E-state index contributed by atoms with van der Waals surface area (Å²) in [5, 5.41) is 9.31. The summed E-state index contributed by atoms with van der Waals surface area (Å²) >= 11 is 0. The molecule has 3 rings (SSSR count). The van der Waals surface area contributed by atoms with Crippen LogP contribution in [0.25, 0.3) is 11.7 Å². The van der Waals surface area contributed by atoms with Crippen molar-refractivity contribution in [2.24, 2.45) is 0 Å². The molecule has 0 unspecified atom stereocenters. The molecule has 2 aromatic heterocycles. The summed E-state index contributed by atoms with van der Waals surface area (Å²) in [5.74, 6) is 1.14. The van der Waals surface area contributed by atoms with Crippen molar-refractivity contribution in [1.29, 1.82) is 5.26 Å². The molecule has 0 aliphatic carbocycles. The van der Waals surface area contributed by atoms with Crippen LogP contribution in [0, 0.1) is 11.3 Å². The van der Waals surface area contributed by atoms with Crippen LogP contribution < -0.4 is 4.90 Å². The lowest BCUT2D eigenvalue weighted by atomic mass is 10.2. The summed E-state index contributed by atoms with van der Waals surface area (Å²) in [6.07, 6.45) is 1.19. The zero-order valence-corrected chi connectivity index (χ0v) is 14.5. The lowest BCUT2D eigenvalue weighted by Crippen LogP contribution is -2.50. The first-order valence-corrected chi connectivity index (χ1v) is 8.05. The third-order valence-corrected chi connectivity index (χ3v) is 3.67. The number of oxazole rings is 1. The van der Waals surface area contributed by atoms with Gasteiger partial charge in [-0.25, -0.2) is 4.79 Å². The minimum atomic E-state index is -0.523. The number of nitriles is 1. The van der Waals surface area contributed by atoms with Crippen LogP contribution in [0.5, 0.6) is 0 Å². The molecule has 0 bridgehead atoms. The fourth-order valence-corrected chi connectivity index (χ4v) is 2.52. The van der Waals surface area contributed by atoms with Crippen LogP contribution in [0.3, 0.4) is 0 Å². The Balaban J connectivity index is 1.69. The Hall–Kier alpha value is -2.95. The van der Waals surface area contributed by atoms with Crippen LogP contribution in [0.15, 0.2) is 27.2 Å². The van der Waals surface area contributed by atoms with Gasteiger partial charge in [-0.15, -0.1) is 0 Å². The maximum atomic E-state index is 12.1. The van der Waals surface area contributed by atoms with Crippen molar-refractivity contribution in [1.82, 2.24) is 9.88 Å². The highest BCUT2D eigenvalue weighted by Gasteiger charge is 2.29. The standard InChI is InChI=1S/C17H20N4O4/c1-17(2,3)25-16(22)21-8-6-20(7-9-21)15-12(11-18)19-14(24-15)13-5-4-10-23-13/h4-5,10H,6-9H2,1-3H3. The minimum Gasteiger partial charge on any atom is -0.459 e. The van der Waals surface area contributed by atoms with Crippen LogP contribution in [0.4, 0.5) is 10.7 Å². The lowest BCUT2D eigenvalue weighted by Gasteiger charge is -2.35. The van der Waals surface area contributed by atoms with Gasteiger partial charge in [-0.05, 0) is 32.9 Å². The van der Waals surface area contributed by atoms with E-state index in [1.54, 1.807) is 17.0 Å². The zero-order valence-electron chi connectivity index (χ0n) is 14.5. The number of furan rings is 1. The fourth-order valence-electron chi connectivity index (χ4n) is 2.52. The SMILES string of the molecule is CC(C)(C)OC(=O)N1CCN(c2oc(-c3ccco3)nc2C#N)CC1. The predicted octanol–water partition coefficient (Wildman–Crippen LogP) is 2.86. The molecule has 1 aliphatic rings. The average Bonchev–Trinajstić information content (AvgIpc) is 3.22. The van der Waals surface area contributed by atoms with Crippen molar-refractivity contribution in [3.63, 3.8) is 0 Å². The normalized spacial score (nSPS) is 15.1. The number of amides is 1. The van der Waals surface area contributed by atoms with Crippen LogP contribution in [0.2, 0.25) is 0 Å². The maximum Gasteiger partial charge on any atom is 0.410 e. The molecule has 1 aliphatic heterocycles. The van der Waals surface area contributed by atoms with E-state index in [0.717, 1.165) is 0 Å². The second-order valence-electron chi connectivity index (χ2n) is 6.72. The predicted molar refractivity (Wildman–Crippen MR) is 88.9 cm³/mol. The molecule has 132 valence electrons. The van der Waals surface area contributed by atoms with Crippen molar-refractivity contribution in [3.05, 3.63) is 24.1 Å². The van der Waals surface area contributed by atoms with Gasteiger partial charge in [-0.3, -0.25) is 0 Å². The van der Waals surface area contributed by atoms with Gasteiger partial charge in [0.1, 0.15) is 11.7 Å². The van der Waals surface area contributed by atoms with E-state index in [9.17, 15) is 10.1 Å². The maximum absolute atomic E-state index is 12.1. The minimum absolute atomic E-state index is 0.206. The van der Waals surface area contributed by atoms with E-state index in [1.807, 2.05) is 31.7 Å². The molecule has 25 heavy (non-hydrogen) atoms. The Morgan fingerprint density at radius 1 is 1.32 bits per heavy atom. The van der Waals surface area contributed by atoms with Crippen LogP contribution in [-0.4, -0.2) is 47.8 Å². The van der Waals surface area contributed by atoms with Gasteiger partial charge < -0.3 is 23.4 Å². The lowest BCUT2D eigenvalue weighted by molar-refractivity contribution is 0.0239. The molecule has 1 saturated heterocycles. The Labute approximate surface area is 145 Å². The quantitative estimate of drug-likeness (QED) is 0.826. The molecule has 3 heterocycles. The van der Waals surface area contributed by atoms with Gasteiger partial charge in [0.2, 0.25) is 11.6 Å². The van der Waals surface area contributed by atoms with Gasteiger partial charge >= 0.3 is 6.09 Å². The summed E-state index contributed by atoms with van der Waals surface area (Å²) in [6, 6.07) is 5.49. The molecule has 2 aromatic rings. The molecule has 0 N–H and O–H groups in total. The van der Waals surface area contributed by atoms with Crippen LogP contribution in [-0.2, 0) is 4.74 Å². The number of rotatable bonds is 2. The van der Waals surface area contributed by atoms with Gasteiger partial charge in [0.15, 0.2) is 5.76 Å². The number of ether oxygens (including phenoxy) is 1. The monoisotopic (exact) mass is 344 g/mol. The number of anilines is 1. The number of carbonyl (C=O) groups excluding carboxylic acids is 1. The smallest absolute Gasteiger partial charge is 0.410 e. The van der Waals surface area contributed by atoms with Gasteiger partial charge in [0.05, 0.1) is 6.26 Å². The van der Waals surface area contributed by atoms with E-state index in [-0.39, 0.29) is 17.7 Å². The summed E-state index contributed by atoms with van der Waals surface area (Å²) < 4.78 is 16.4. The van der Waals surface area contributed by atoms with Crippen LogP contribution >= 0.6 is 0 Å². The molecule has 1 fully saturated rings. The molecular formula is C17H20N4O4. The van der Waals surface area contributed by atoms with Crippen molar-refractivity contribution in [3.8, 4) is 17.7 Å². The van der Waals surface area contributed by atoms with Crippen LogP contribution in [0.1, 0.15) is 26.5 Å². The number of carbonyl (C=O) groups is 1. The Kier molecular flexibility index (Phi) is 4.40. The summed E-state index contributed by atoms with van der Waals surface area (Å²) in [5.41, 5.74) is -0.317. The molecule has 8 nitrogen and oxygen atoms in total. The van der Waals surface area contributed by atoms with E-state index >= 15 is 0 Å². The average molecular weight is 344 g/mol. The van der Waals surface area contributed by atoms with Crippen molar-refractivity contribution >= 4 is 12.0 Å². The first-order chi connectivity index (χ1) is 11.9. The number of piperazine rings is 1. The Morgan fingerprint density at radius 3 is 2.60 bits per heavy atom. The Bertz CT molecular complexity index is 775. The first-order valence-electron chi connectivity index (χ1n) is 8.05. The third kappa shape index (κ3) is 3.76. The number of hydrogen-bond donors (Lipinski definition) is 0. The Morgan fingerprint density at radius 2 is 2.04 bits per heavy atom. The van der Waals surface area contributed by atoms with E-state index in [4.69, 9.17) is 13.6 Å². The molecular weight excluding hydrogens is 324 g/mol. The first kappa shape index (κ1) is 16.9. The summed E-state index contributed by atoms with van der Waals surface area (Å²) in [6.45, 7) is 7.54. The van der Waals surface area contributed by atoms with E-state index in [2.05, 4.69) is 4.98 Å². The number of nitrogens with zero attached hydrogens (tertiary/aromatic N) is 4. The van der Waals surface area contributed by atoms with Gasteiger partial charge in [-0.1, -0.05) is 0 Å². The highest BCUT2D eigenvalue weighted by molar-refractivity contribution is 5.68. The molecule has 0 radical (unpaired) electrons. The second-order valence-corrected chi connectivity index (χ2v) is 6.72. The molecule has 0 saturated carbocycles. The molecule has 0 spiro atoms. The number of hydrogen-bond acceptors (Lipinski definition) is 7. The van der Waals surface area contributed by atoms with Gasteiger partial charge in [-0.2, -0.15) is 10.2 Å².